The number of hydrazine groups is 1. The molecule has 1 heterocycles. The molecule has 10 nitrogen and oxygen atoms in total. The summed E-state index contributed by atoms with van der Waals surface area (Å²) < 4.78 is 5.08. The van der Waals surface area contributed by atoms with Crippen LogP contribution in [0.15, 0.2) is 48.5 Å². The molecule has 1 atom stereocenters. The summed E-state index contributed by atoms with van der Waals surface area (Å²) in [6.07, 6.45) is 0.465. The van der Waals surface area contributed by atoms with Gasteiger partial charge in [-0.25, -0.2) is 5.01 Å². The van der Waals surface area contributed by atoms with E-state index >= 15 is 0 Å². The first-order valence-corrected chi connectivity index (χ1v) is 9.86. The number of imide groups is 1. The summed E-state index contributed by atoms with van der Waals surface area (Å²) in [6, 6.07) is 9.73. The monoisotopic (exact) mass is 439 g/mol. The molecule has 32 heavy (non-hydrogen) atoms. The van der Waals surface area contributed by atoms with Crippen LogP contribution >= 0.6 is 0 Å². The zero-order valence-electron chi connectivity index (χ0n) is 17.5. The van der Waals surface area contributed by atoms with E-state index in [1.807, 2.05) is 0 Å². The molecule has 0 unspecified atom stereocenters. The fourth-order valence-electron chi connectivity index (χ4n) is 3.39. The van der Waals surface area contributed by atoms with E-state index in [4.69, 9.17) is 4.74 Å². The first-order valence-electron chi connectivity index (χ1n) is 9.86. The number of piperidine rings is 1. The van der Waals surface area contributed by atoms with Crippen molar-refractivity contribution < 1.29 is 28.8 Å². The summed E-state index contributed by atoms with van der Waals surface area (Å²) in [4.78, 5) is 61.9. The highest BCUT2D eigenvalue weighted by Gasteiger charge is 2.40. The fourth-order valence-corrected chi connectivity index (χ4v) is 3.39. The Hall–Kier alpha value is -4.08. The number of amides is 3. The van der Waals surface area contributed by atoms with E-state index in [2.05, 4.69) is 0 Å². The van der Waals surface area contributed by atoms with Crippen LogP contribution in [-0.4, -0.2) is 51.6 Å². The molecule has 3 amide bonds. The molecule has 0 aromatic heterocycles. The molecule has 0 spiro atoms. The molecule has 2 aromatic rings. The average molecular weight is 439 g/mol. The Labute approximate surface area is 183 Å². The molecule has 0 aliphatic carbocycles. The minimum absolute atomic E-state index is 0.00356. The molecule has 1 aliphatic heterocycles. The summed E-state index contributed by atoms with van der Waals surface area (Å²) in [7, 11) is 1.48. The second-order valence-electron chi connectivity index (χ2n) is 7.18. The fraction of sp³-hybridized carbons (Fsp3) is 0.273. The van der Waals surface area contributed by atoms with Gasteiger partial charge in [0, 0.05) is 36.1 Å². The second-order valence-corrected chi connectivity index (χ2v) is 7.18. The number of nitro benzene ring substituents is 1. The molecule has 0 saturated carbocycles. The average Bonchev–Trinajstić information content (AvgIpc) is 2.80. The number of methoxy groups -OCH3 is 1. The van der Waals surface area contributed by atoms with Gasteiger partial charge in [0.15, 0.2) is 5.78 Å². The minimum Gasteiger partial charge on any atom is -0.497 e. The Balaban J connectivity index is 2.00. The third-order valence-electron chi connectivity index (χ3n) is 5.12. The topological polar surface area (TPSA) is 127 Å². The zero-order chi connectivity index (χ0) is 23.4. The highest BCUT2D eigenvalue weighted by Crippen LogP contribution is 2.23. The summed E-state index contributed by atoms with van der Waals surface area (Å²) >= 11 is 0. The third kappa shape index (κ3) is 4.48. The Morgan fingerprint density at radius 3 is 2.03 bits per heavy atom. The number of hydrogen-bond donors (Lipinski definition) is 0. The molecular formula is C22H21N3O7. The lowest BCUT2D eigenvalue weighted by Crippen LogP contribution is -2.59. The number of carbonyl (C=O) groups is 4. The van der Waals surface area contributed by atoms with Crippen molar-refractivity contribution >= 4 is 29.2 Å². The molecule has 1 fully saturated rings. The summed E-state index contributed by atoms with van der Waals surface area (Å²) in [5.41, 5.74) is 0.0356. The van der Waals surface area contributed by atoms with E-state index < -0.39 is 34.5 Å². The quantitative estimate of drug-likeness (QED) is 0.281. The maximum absolute atomic E-state index is 13.3. The van der Waals surface area contributed by atoms with Gasteiger partial charge >= 0.3 is 0 Å². The molecule has 2 aromatic carbocycles. The SMILES string of the molecule is COc1ccc(C(=O)[C@@H](C)N(C(=O)c2ccc([N+](=O)[O-])cc2)N2C(=O)CCCC2=O)cc1. The lowest BCUT2D eigenvalue weighted by molar-refractivity contribution is -0.384. The number of ether oxygens (including phenoxy) is 1. The normalized spacial score (nSPS) is 14.6. The van der Waals surface area contributed by atoms with Crippen LogP contribution in [0.5, 0.6) is 5.75 Å². The molecule has 3 rings (SSSR count). The van der Waals surface area contributed by atoms with E-state index in [0.717, 1.165) is 22.2 Å². The van der Waals surface area contributed by atoms with Crippen LogP contribution in [0.2, 0.25) is 0 Å². The Bertz CT molecular complexity index is 1050. The van der Waals surface area contributed by atoms with Crippen molar-refractivity contribution in [3.63, 3.8) is 0 Å². The maximum Gasteiger partial charge on any atom is 0.273 e. The number of carbonyl (C=O) groups excluding carboxylic acids is 4. The molecule has 1 saturated heterocycles. The van der Waals surface area contributed by atoms with Gasteiger partial charge in [-0.1, -0.05) is 0 Å². The molecule has 0 radical (unpaired) electrons. The van der Waals surface area contributed by atoms with Gasteiger partial charge in [-0.3, -0.25) is 29.3 Å². The molecule has 0 bridgehead atoms. The van der Waals surface area contributed by atoms with E-state index in [9.17, 15) is 29.3 Å². The molecule has 0 N–H and O–H groups in total. The van der Waals surface area contributed by atoms with Crippen molar-refractivity contribution in [1.82, 2.24) is 10.0 Å². The number of benzene rings is 2. The Morgan fingerprint density at radius 1 is 1.00 bits per heavy atom. The standard InChI is InChI=1S/C22H21N3O7/c1-14(21(28)15-8-12-18(32-2)13-9-15)23(24-19(26)4-3-5-20(24)27)22(29)16-6-10-17(11-7-16)25(30)31/h6-14H,3-5H2,1-2H3/t14-/m1/s1. The zero-order valence-corrected chi connectivity index (χ0v) is 17.5. The van der Waals surface area contributed by atoms with Crippen molar-refractivity contribution in [2.45, 2.75) is 32.2 Å². The van der Waals surface area contributed by atoms with E-state index in [1.165, 1.54) is 38.3 Å². The van der Waals surface area contributed by atoms with E-state index in [1.54, 1.807) is 12.1 Å². The number of hydrogen-bond acceptors (Lipinski definition) is 7. The number of nitrogens with zero attached hydrogens (tertiary/aromatic N) is 3. The molecule has 1 aliphatic rings. The van der Waals surface area contributed by atoms with Crippen molar-refractivity contribution in [3.05, 3.63) is 69.8 Å². The Morgan fingerprint density at radius 2 is 1.53 bits per heavy atom. The number of Topliss-reactive ketones (excluding diaryl/α,β-unsaturated/α-hetero) is 1. The Kier molecular flexibility index (Phi) is 6.62. The van der Waals surface area contributed by atoms with Crippen molar-refractivity contribution in [1.29, 1.82) is 0 Å². The van der Waals surface area contributed by atoms with Crippen molar-refractivity contribution in [3.8, 4) is 5.75 Å². The highest BCUT2D eigenvalue weighted by molar-refractivity contribution is 6.07. The van der Waals surface area contributed by atoms with Gasteiger partial charge in [0.1, 0.15) is 11.8 Å². The predicted molar refractivity (Wildman–Crippen MR) is 112 cm³/mol. The number of non-ortho nitro benzene ring substituents is 1. The summed E-state index contributed by atoms with van der Waals surface area (Å²) in [6.45, 7) is 1.42. The van der Waals surface area contributed by atoms with Crippen LogP contribution in [0, 0.1) is 10.1 Å². The van der Waals surface area contributed by atoms with Gasteiger partial charge in [0.25, 0.3) is 11.6 Å². The lowest BCUT2D eigenvalue weighted by Gasteiger charge is -2.38. The first kappa shape index (κ1) is 22.6. The minimum atomic E-state index is -1.20. The van der Waals surface area contributed by atoms with Crippen LogP contribution in [0.1, 0.15) is 46.9 Å². The van der Waals surface area contributed by atoms with Crippen LogP contribution in [0.3, 0.4) is 0 Å². The second kappa shape index (κ2) is 9.38. The third-order valence-corrected chi connectivity index (χ3v) is 5.12. The van der Waals surface area contributed by atoms with Crippen LogP contribution in [0.4, 0.5) is 5.69 Å². The van der Waals surface area contributed by atoms with E-state index in [0.29, 0.717) is 12.2 Å². The van der Waals surface area contributed by atoms with Gasteiger partial charge in [-0.15, -0.1) is 0 Å². The van der Waals surface area contributed by atoms with Gasteiger partial charge in [0.2, 0.25) is 11.8 Å². The smallest absolute Gasteiger partial charge is 0.273 e. The maximum atomic E-state index is 13.3. The largest absolute Gasteiger partial charge is 0.497 e. The van der Waals surface area contributed by atoms with Crippen molar-refractivity contribution in [2.75, 3.05) is 7.11 Å². The highest BCUT2D eigenvalue weighted by atomic mass is 16.6. The van der Waals surface area contributed by atoms with Gasteiger partial charge in [-0.05, 0) is 49.7 Å². The lowest BCUT2D eigenvalue weighted by atomic mass is 10.0. The van der Waals surface area contributed by atoms with Crippen LogP contribution < -0.4 is 4.74 Å². The predicted octanol–water partition coefficient (Wildman–Crippen LogP) is 2.77. The van der Waals surface area contributed by atoms with Gasteiger partial charge in [0.05, 0.1) is 12.0 Å². The first-order chi connectivity index (χ1) is 15.2. The number of nitro groups is 1. The van der Waals surface area contributed by atoms with Crippen LogP contribution in [0.25, 0.3) is 0 Å². The summed E-state index contributed by atoms with van der Waals surface area (Å²) in [5, 5.41) is 12.5. The number of ketones is 1. The van der Waals surface area contributed by atoms with E-state index in [-0.39, 0.29) is 29.7 Å². The molecule has 166 valence electrons. The molecular weight excluding hydrogens is 418 g/mol. The van der Waals surface area contributed by atoms with Gasteiger partial charge in [-0.2, -0.15) is 5.01 Å². The summed E-state index contributed by atoms with van der Waals surface area (Å²) in [5.74, 6) is -1.93. The molecule has 10 heteroatoms. The van der Waals surface area contributed by atoms with Crippen molar-refractivity contribution in [2.24, 2.45) is 0 Å². The van der Waals surface area contributed by atoms with Gasteiger partial charge < -0.3 is 4.74 Å². The number of rotatable bonds is 7. The van der Waals surface area contributed by atoms with Crippen LogP contribution in [-0.2, 0) is 9.59 Å².